The van der Waals surface area contributed by atoms with Gasteiger partial charge < -0.3 is 0 Å². The lowest BCUT2D eigenvalue weighted by molar-refractivity contribution is -0.143. The summed E-state index contributed by atoms with van der Waals surface area (Å²) >= 11 is 7.28. The molecular formula is C20H18ClN5O3S. The Morgan fingerprint density at radius 1 is 1.17 bits per heavy atom. The fraction of sp³-hybridized carbons (Fsp3) is 0.350. The quantitative estimate of drug-likeness (QED) is 0.403. The van der Waals surface area contributed by atoms with Crippen LogP contribution in [-0.4, -0.2) is 44.3 Å². The van der Waals surface area contributed by atoms with Crippen LogP contribution in [0.5, 0.6) is 0 Å². The van der Waals surface area contributed by atoms with Crippen LogP contribution in [0.2, 0.25) is 5.02 Å². The summed E-state index contributed by atoms with van der Waals surface area (Å²) in [6.07, 6.45) is 4.91. The number of nitrogens with zero attached hydrogens (tertiary/aromatic N) is 3. The maximum atomic E-state index is 12.7. The second-order valence-electron chi connectivity index (χ2n) is 7.69. The minimum absolute atomic E-state index is 0.124. The van der Waals surface area contributed by atoms with Crippen LogP contribution in [0.4, 0.5) is 5.95 Å². The smallest absolute Gasteiger partial charge is 0.246 e. The Morgan fingerprint density at radius 3 is 2.50 bits per heavy atom. The number of fused-ring (bicyclic) bond motifs is 5. The van der Waals surface area contributed by atoms with Gasteiger partial charge in [-0.1, -0.05) is 47.6 Å². The van der Waals surface area contributed by atoms with Gasteiger partial charge in [-0.05, 0) is 36.0 Å². The fourth-order valence-electron chi connectivity index (χ4n) is 4.53. The zero-order chi connectivity index (χ0) is 20.8. The molecule has 2 heterocycles. The summed E-state index contributed by atoms with van der Waals surface area (Å²) in [6.45, 7) is -0.307. The van der Waals surface area contributed by atoms with Gasteiger partial charge in [-0.25, -0.2) is 5.10 Å². The van der Waals surface area contributed by atoms with E-state index < -0.39 is 5.91 Å². The second-order valence-corrected chi connectivity index (χ2v) is 9.07. The number of hydrogen-bond acceptors (Lipinski definition) is 6. The molecule has 3 amide bonds. The molecule has 2 bridgehead atoms. The minimum Gasteiger partial charge on any atom is -0.293 e. The molecule has 1 aliphatic heterocycles. The molecule has 154 valence electrons. The van der Waals surface area contributed by atoms with Crippen molar-refractivity contribution < 1.29 is 14.4 Å². The Balaban J connectivity index is 1.16. The molecule has 8 nitrogen and oxygen atoms in total. The molecule has 10 heteroatoms. The Bertz CT molecular complexity index is 1020. The van der Waals surface area contributed by atoms with Crippen LogP contribution in [-0.2, 0) is 20.1 Å². The molecule has 2 fully saturated rings. The molecule has 0 spiro atoms. The number of rotatable bonds is 6. The topological polar surface area (TPSA) is 108 Å². The number of hydrogen-bond donors (Lipinski definition) is 2. The van der Waals surface area contributed by atoms with Gasteiger partial charge >= 0.3 is 0 Å². The van der Waals surface area contributed by atoms with E-state index in [9.17, 15) is 14.4 Å². The molecule has 1 aromatic heterocycles. The van der Waals surface area contributed by atoms with Gasteiger partial charge in [0.05, 0.1) is 11.8 Å². The van der Waals surface area contributed by atoms with Crippen LogP contribution in [0.1, 0.15) is 12.0 Å². The molecule has 0 unspecified atom stereocenters. The first-order valence-corrected chi connectivity index (χ1v) is 11.0. The van der Waals surface area contributed by atoms with Crippen molar-refractivity contribution in [3.8, 4) is 0 Å². The largest absolute Gasteiger partial charge is 0.293 e. The normalized spacial score (nSPS) is 26.5. The number of likely N-dealkylation sites (tertiary alicyclic amines) is 1. The molecule has 2 N–H and O–H groups in total. The summed E-state index contributed by atoms with van der Waals surface area (Å²) in [5.74, 6) is -0.497. The number of imide groups is 1. The first-order valence-electron chi connectivity index (χ1n) is 9.62. The minimum atomic E-state index is -0.484. The van der Waals surface area contributed by atoms with Crippen LogP contribution in [0.25, 0.3) is 0 Å². The Hall–Kier alpha value is -2.65. The molecule has 1 aromatic carbocycles. The first kappa shape index (κ1) is 19.3. The number of aromatic nitrogens is 3. The summed E-state index contributed by atoms with van der Waals surface area (Å²) in [6, 6.07) is 7.48. The van der Waals surface area contributed by atoms with Crippen LogP contribution >= 0.6 is 23.4 Å². The average molecular weight is 444 g/mol. The third kappa shape index (κ3) is 3.41. The van der Waals surface area contributed by atoms with Crippen molar-refractivity contribution >= 4 is 47.0 Å². The average Bonchev–Trinajstić information content (AvgIpc) is 3.49. The van der Waals surface area contributed by atoms with E-state index in [2.05, 4.69) is 20.5 Å². The first-order chi connectivity index (χ1) is 14.5. The highest BCUT2D eigenvalue weighted by molar-refractivity contribution is 7.98. The van der Waals surface area contributed by atoms with Gasteiger partial charge in [0.25, 0.3) is 0 Å². The van der Waals surface area contributed by atoms with Crippen molar-refractivity contribution in [2.24, 2.45) is 23.7 Å². The highest BCUT2D eigenvalue weighted by Gasteiger charge is 2.59. The van der Waals surface area contributed by atoms with E-state index in [4.69, 9.17) is 11.6 Å². The van der Waals surface area contributed by atoms with E-state index in [0.717, 1.165) is 16.9 Å². The maximum Gasteiger partial charge on any atom is 0.246 e. The molecule has 5 rings (SSSR count). The third-order valence-electron chi connectivity index (χ3n) is 5.87. The lowest BCUT2D eigenvalue weighted by atomic mass is 9.85. The summed E-state index contributed by atoms with van der Waals surface area (Å²) in [5.41, 5.74) is 1.07. The van der Waals surface area contributed by atoms with Gasteiger partial charge in [-0.2, -0.15) is 4.98 Å². The van der Waals surface area contributed by atoms with Gasteiger partial charge in [0.1, 0.15) is 6.54 Å². The number of H-pyrrole nitrogens is 1. The van der Waals surface area contributed by atoms with Crippen LogP contribution in [0, 0.1) is 23.7 Å². The number of carbonyl (C=O) groups excluding carboxylic acids is 3. The van der Waals surface area contributed by atoms with Crippen molar-refractivity contribution in [2.45, 2.75) is 17.3 Å². The molecule has 2 aromatic rings. The predicted molar refractivity (Wildman–Crippen MR) is 110 cm³/mol. The summed E-state index contributed by atoms with van der Waals surface area (Å²) in [7, 11) is 0. The molecule has 1 saturated carbocycles. The summed E-state index contributed by atoms with van der Waals surface area (Å²) in [4.78, 5) is 43.0. The van der Waals surface area contributed by atoms with E-state index in [-0.39, 0.29) is 48.0 Å². The van der Waals surface area contributed by atoms with Gasteiger partial charge in [0, 0.05) is 10.8 Å². The molecule has 1 saturated heterocycles. The van der Waals surface area contributed by atoms with Crippen molar-refractivity contribution in [3.63, 3.8) is 0 Å². The maximum absolute atomic E-state index is 12.7. The number of thioether (sulfide) groups is 1. The second kappa shape index (κ2) is 7.55. The Labute approximate surface area is 181 Å². The van der Waals surface area contributed by atoms with Gasteiger partial charge in [-0.15, -0.1) is 5.10 Å². The number of halogens is 1. The van der Waals surface area contributed by atoms with E-state index in [1.165, 1.54) is 11.8 Å². The summed E-state index contributed by atoms with van der Waals surface area (Å²) < 4.78 is 0. The van der Waals surface area contributed by atoms with Crippen molar-refractivity contribution in [3.05, 3.63) is 47.0 Å². The molecule has 30 heavy (non-hydrogen) atoms. The Kier molecular flexibility index (Phi) is 4.86. The van der Waals surface area contributed by atoms with Gasteiger partial charge in [0.2, 0.25) is 28.8 Å². The zero-order valence-corrected chi connectivity index (χ0v) is 17.3. The standard InChI is InChI=1S/C20H18ClN5O3S/c21-13-5-1-10(2-6-13)9-30-20-23-19(24-25-20)22-14(27)8-26-17(28)15-11-3-4-12(7-11)16(15)18(26)29/h1-6,11-12,15-16H,7-9H2,(H2,22,23,24,25,27)/t11-,12-,15-,16-/m0/s1. The lowest BCUT2D eigenvalue weighted by Gasteiger charge is -2.16. The number of aromatic amines is 1. The number of benzene rings is 1. The monoisotopic (exact) mass is 443 g/mol. The van der Waals surface area contributed by atoms with E-state index in [1.54, 1.807) is 0 Å². The number of amides is 3. The van der Waals surface area contributed by atoms with E-state index in [0.29, 0.717) is 15.9 Å². The van der Waals surface area contributed by atoms with Crippen LogP contribution < -0.4 is 5.32 Å². The lowest BCUT2D eigenvalue weighted by Crippen LogP contribution is -2.39. The van der Waals surface area contributed by atoms with E-state index in [1.807, 2.05) is 36.4 Å². The van der Waals surface area contributed by atoms with Gasteiger partial charge in [0.15, 0.2) is 0 Å². The van der Waals surface area contributed by atoms with E-state index >= 15 is 0 Å². The predicted octanol–water partition coefficient (Wildman–Crippen LogP) is 2.50. The van der Waals surface area contributed by atoms with Crippen LogP contribution in [0.15, 0.2) is 41.6 Å². The summed E-state index contributed by atoms with van der Waals surface area (Å²) in [5, 5.41) is 10.5. The SMILES string of the molecule is O=C(CN1C(=O)[C@@H]2[C@@H](C1=O)[C@H]1C=C[C@H]2C1)Nc1nc(SCc2ccc(Cl)cc2)n[nH]1. The van der Waals surface area contributed by atoms with Crippen molar-refractivity contribution in [1.82, 2.24) is 20.1 Å². The third-order valence-corrected chi connectivity index (χ3v) is 7.04. The molecule has 2 aliphatic carbocycles. The number of anilines is 1. The van der Waals surface area contributed by atoms with Crippen molar-refractivity contribution in [2.75, 3.05) is 11.9 Å². The zero-order valence-electron chi connectivity index (χ0n) is 15.7. The fourth-order valence-corrected chi connectivity index (χ4v) is 5.41. The van der Waals surface area contributed by atoms with Crippen molar-refractivity contribution in [1.29, 1.82) is 0 Å². The molecular weight excluding hydrogens is 426 g/mol. The number of allylic oxidation sites excluding steroid dienone is 2. The highest BCUT2D eigenvalue weighted by atomic mass is 35.5. The number of nitrogens with one attached hydrogen (secondary N) is 2. The number of carbonyl (C=O) groups is 3. The highest BCUT2D eigenvalue weighted by Crippen LogP contribution is 2.52. The molecule has 3 aliphatic rings. The molecule has 4 atom stereocenters. The Morgan fingerprint density at radius 2 is 1.83 bits per heavy atom. The van der Waals surface area contributed by atoms with Crippen LogP contribution in [0.3, 0.4) is 0 Å². The van der Waals surface area contributed by atoms with Gasteiger partial charge in [-0.3, -0.25) is 24.6 Å². The molecule has 0 radical (unpaired) electrons.